The summed E-state index contributed by atoms with van der Waals surface area (Å²) in [5.41, 5.74) is 3.66. The van der Waals surface area contributed by atoms with Crippen molar-refractivity contribution in [3.05, 3.63) is 106 Å². The number of ketones is 1. The molecule has 0 aliphatic heterocycles. The van der Waals surface area contributed by atoms with Gasteiger partial charge in [0.2, 0.25) is 4.77 Å². The zero-order valence-electron chi connectivity index (χ0n) is 17.0. The van der Waals surface area contributed by atoms with Gasteiger partial charge in [0.05, 0.1) is 6.54 Å². The molecule has 0 fully saturated rings. The highest BCUT2D eigenvalue weighted by molar-refractivity contribution is 7.71. The lowest BCUT2D eigenvalue weighted by Gasteiger charge is -2.09. The first-order valence-corrected chi connectivity index (χ1v) is 10.6. The molecule has 0 radical (unpaired) electrons. The van der Waals surface area contributed by atoms with Crippen molar-refractivity contribution in [2.24, 2.45) is 0 Å². The Morgan fingerprint density at radius 2 is 1.68 bits per heavy atom. The second kappa shape index (κ2) is 9.29. The van der Waals surface area contributed by atoms with Gasteiger partial charge < -0.3 is 5.32 Å². The number of rotatable bonds is 7. The molecule has 0 saturated carbocycles. The van der Waals surface area contributed by atoms with Crippen LogP contribution in [0.1, 0.15) is 21.7 Å². The molecule has 0 aliphatic carbocycles. The summed E-state index contributed by atoms with van der Waals surface area (Å²) in [7, 11) is 0. The lowest BCUT2D eigenvalue weighted by atomic mass is 10.1. The fourth-order valence-corrected chi connectivity index (χ4v) is 3.66. The SMILES string of the molecule is Cc1ccc(NCc2nn(CC(=O)c3ccc(Cl)cc3)c(=S)n2-c2ccccc2)cc1. The summed E-state index contributed by atoms with van der Waals surface area (Å²) in [6.07, 6.45) is 0. The van der Waals surface area contributed by atoms with Gasteiger partial charge in [-0.15, -0.1) is 0 Å². The summed E-state index contributed by atoms with van der Waals surface area (Å²) in [5.74, 6) is 0.643. The maximum atomic E-state index is 12.8. The van der Waals surface area contributed by atoms with E-state index >= 15 is 0 Å². The number of anilines is 1. The summed E-state index contributed by atoms with van der Waals surface area (Å²) >= 11 is 11.6. The third-order valence-corrected chi connectivity index (χ3v) is 5.53. The lowest BCUT2D eigenvalue weighted by Crippen LogP contribution is -2.12. The van der Waals surface area contributed by atoms with E-state index in [1.807, 2.05) is 47.0 Å². The predicted octanol–water partition coefficient (Wildman–Crippen LogP) is 5.86. The van der Waals surface area contributed by atoms with Crippen LogP contribution < -0.4 is 5.32 Å². The standard InChI is InChI=1S/C24H21ClN4OS/c1-17-7-13-20(14-8-17)26-15-23-27-28(16-22(30)18-9-11-19(25)12-10-18)24(31)29(23)21-5-3-2-4-6-21/h2-14,26H,15-16H2,1H3. The first-order valence-electron chi connectivity index (χ1n) is 9.85. The van der Waals surface area contributed by atoms with Crippen LogP contribution in [0.5, 0.6) is 0 Å². The molecule has 5 nitrogen and oxygen atoms in total. The van der Waals surface area contributed by atoms with Gasteiger partial charge in [0.1, 0.15) is 6.54 Å². The molecule has 0 amide bonds. The molecule has 1 aromatic heterocycles. The van der Waals surface area contributed by atoms with Crippen LogP contribution in [0, 0.1) is 11.7 Å². The monoisotopic (exact) mass is 448 g/mol. The van der Waals surface area contributed by atoms with Crippen LogP contribution in [-0.4, -0.2) is 20.1 Å². The molecule has 0 unspecified atom stereocenters. The Kier molecular flexibility index (Phi) is 6.30. The van der Waals surface area contributed by atoms with Gasteiger partial charge in [0, 0.05) is 22.0 Å². The lowest BCUT2D eigenvalue weighted by molar-refractivity contribution is 0.0967. The van der Waals surface area contributed by atoms with Crippen molar-refractivity contribution in [3.63, 3.8) is 0 Å². The number of Topliss-reactive ketones (excluding diaryl/α,β-unsaturated/α-hetero) is 1. The molecule has 0 saturated heterocycles. The normalized spacial score (nSPS) is 10.8. The maximum Gasteiger partial charge on any atom is 0.203 e. The average Bonchev–Trinajstić information content (AvgIpc) is 3.09. The van der Waals surface area contributed by atoms with E-state index in [1.54, 1.807) is 28.9 Å². The van der Waals surface area contributed by atoms with Crippen LogP contribution in [0.2, 0.25) is 5.02 Å². The van der Waals surface area contributed by atoms with Crippen LogP contribution in [0.4, 0.5) is 5.69 Å². The van der Waals surface area contributed by atoms with Crippen molar-refractivity contribution in [1.82, 2.24) is 14.3 Å². The highest BCUT2D eigenvalue weighted by Crippen LogP contribution is 2.16. The molecule has 4 aromatic rings. The van der Waals surface area contributed by atoms with Gasteiger partial charge in [-0.3, -0.25) is 9.36 Å². The maximum absolute atomic E-state index is 12.8. The van der Waals surface area contributed by atoms with Crippen LogP contribution >= 0.6 is 23.8 Å². The summed E-state index contributed by atoms with van der Waals surface area (Å²) < 4.78 is 3.94. The quantitative estimate of drug-likeness (QED) is 0.284. The van der Waals surface area contributed by atoms with Crippen molar-refractivity contribution in [2.45, 2.75) is 20.0 Å². The second-order valence-electron chi connectivity index (χ2n) is 7.18. The summed E-state index contributed by atoms with van der Waals surface area (Å²) in [6, 6.07) is 24.8. The predicted molar refractivity (Wildman–Crippen MR) is 127 cm³/mol. The number of carbonyl (C=O) groups is 1. The van der Waals surface area contributed by atoms with E-state index in [0.717, 1.165) is 17.2 Å². The summed E-state index contributed by atoms with van der Waals surface area (Å²) in [6.45, 7) is 2.57. The molecule has 1 N–H and O–H groups in total. The van der Waals surface area contributed by atoms with Crippen LogP contribution in [0.15, 0.2) is 78.9 Å². The minimum absolute atomic E-state index is 0.0534. The zero-order chi connectivity index (χ0) is 21.8. The second-order valence-corrected chi connectivity index (χ2v) is 7.98. The Labute approximate surface area is 190 Å². The molecule has 31 heavy (non-hydrogen) atoms. The fourth-order valence-electron chi connectivity index (χ4n) is 3.22. The van der Waals surface area contributed by atoms with Gasteiger partial charge in [-0.2, -0.15) is 5.10 Å². The molecular weight excluding hydrogens is 428 g/mol. The number of hydrogen-bond donors (Lipinski definition) is 1. The summed E-state index contributed by atoms with van der Waals surface area (Å²) in [4.78, 5) is 12.8. The van der Waals surface area contributed by atoms with Gasteiger partial charge >= 0.3 is 0 Å². The number of hydrogen-bond acceptors (Lipinski definition) is 4. The molecule has 4 rings (SSSR count). The Hall–Kier alpha value is -3.22. The van der Waals surface area contributed by atoms with Gasteiger partial charge in [0.25, 0.3) is 0 Å². The number of nitrogens with zero attached hydrogens (tertiary/aromatic N) is 3. The molecule has 0 bridgehead atoms. The van der Waals surface area contributed by atoms with E-state index in [2.05, 4.69) is 29.5 Å². The van der Waals surface area contributed by atoms with E-state index in [-0.39, 0.29) is 12.3 Å². The number of halogens is 1. The third kappa shape index (κ3) is 4.93. The van der Waals surface area contributed by atoms with Crippen molar-refractivity contribution in [1.29, 1.82) is 0 Å². The van der Waals surface area contributed by atoms with Gasteiger partial charge in [-0.05, 0) is 67.7 Å². The Bertz CT molecular complexity index is 1250. The van der Waals surface area contributed by atoms with Crippen molar-refractivity contribution >= 4 is 35.3 Å². The number of nitrogens with one attached hydrogen (secondary N) is 1. The number of para-hydroxylation sites is 1. The Morgan fingerprint density at radius 3 is 2.35 bits per heavy atom. The molecule has 0 atom stereocenters. The Morgan fingerprint density at radius 1 is 1.00 bits per heavy atom. The number of benzene rings is 3. The minimum Gasteiger partial charge on any atom is -0.378 e. The number of aryl methyl sites for hydroxylation is 1. The van der Waals surface area contributed by atoms with Gasteiger partial charge in [-0.25, -0.2) is 4.68 Å². The van der Waals surface area contributed by atoms with E-state index in [9.17, 15) is 4.79 Å². The molecule has 3 aromatic carbocycles. The Balaban J connectivity index is 1.64. The molecule has 7 heteroatoms. The summed E-state index contributed by atoms with van der Waals surface area (Å²) in [5, 5.41) is 8.64. The van der Waals surface area contributed by atoms with Crippen molar-refractivity contribution < 1.29 is 4.79 Å². The van der Waals surface area contributed by atoms with E-state index < -0.39 is 0 Å². The van der Waals surface area contributed by atoms with Crippen molar-refractivity contribution in [2.75, 3.05) is 5.32 Å². The van der Waals surface area contributed by atoms with E-state index in [1.165, 1.54) is 5.56 Å². The van der Waals surface area contributed by atoms with E-state index in [0.29, 0.717) is 21.9 Å². The molecule has 1 heterocycles. The molecule has 0 aliphatic rings. The van der Waals surface area contributed by atoms with Crippen LogP contribution in [0.3, 0.4) is 0 Å². The number of aromatic nitrogens is 3. The van der Waals surface area contributed by atoms with Gasteiger partial charge in [0.15, 0.2) is 11.6 Å². The molecule has 156 valence electrons. The first kappa shape index (κ1) is 21.0. The minimum atomic E-state index is -0.0801. The smallest absolute Gasteiger partial charge is 0.203 e. The largest absolute Gasteiger partial charge is 0.378 e. The first-order chi connectivity index (χ1) is 15.0. The highest BCUT2D eigenvalue weighted by atomic mass is 35.5. The number of carbonyl (C=O) groups excluding carboxylic acids is 1. The topological polar surface area (TPSA) is 51.9 Å². The van der Waals surface area contributed by atoms with Crippen molar-refractivity contribution in [3.8, 4) is 5.69 Å². The fraction of sp³-hybridized carbons (Fsp3) is 0.125. The zero-order valence-corrected chi connectivity index (χ0v) is 18.5. The molecular formula is C24H21ClN4OS. The highest BCUT2D eigenvalue weighted by Gasteiger charge is 2.15. The van der Waals surface area contributed by atoms with E-state index in [4.69, 9.17) is 23.8 Å². The third-order valence-electron chi connectivity index (χ3n) is 4.88. The van der Waals surface area contributed by atoms with Crippen LogP contribution in [0.25, 0.3) is 5.69 Å². The van der Waals surface area contributed by atoms with Crippen LogP contribution in [-0.2, 0) is 13.1 Å². The average molecular weight is 449 g/mol. The van der Waals surface area contributed by atoms with Gasteiger partial charge in [-0.1, -0.05) is 47.5 Å². The molecule has 0 spiro atoms.